The van der Waals surface area contributed by atoms with E-state index in [0.717, 1.165) is 12.2 Å². The average Bonchev–Trinajstić information content (AvgIpc) is 2.16. The van der Waals surface area contributed by atoms with E-state index in [1.165, 1.54) is 30.0 Å². The minimum absolute atomic E-state index is 0.130. The van der Waals surface area contributed by atoms with Crippen LogP contribution in [-0.2, 0) is 0 Å². The Balaban J connectivity index is 2.90. The number of carbonyl (C=O) groups is 1. The predicted molar refractivity (Wildman–Crippen MR) is 54.4 cm³/mol. The number of rotatable bonds is 4. The molecule has 1 rings (SSSR count). The van der Waals surface area contributed by atoms with Crippen molar-refractivity contribution in [1.29, 1.82) is 0 Å². The zero-order chi connectivity index (χ0) is 10.6. The number of carboxylic acids is 1. The number of thioether (sulfide) groups is 1. The highest BCUT2D eigenvalue weighted by Crippen LogP contribution is 2.23. The second-order valence-corrected chi connectivity index (χ2v) is 3.94. The van der Waals surface area contributed by atoms with Gasteiger partial charge >= 0.3 is 5.97 Å². The first-order valence-electron chi connectivity index (χ1n) is 4.30. The van der Waals surface area contributed by atoms with Gasteiger partial charge in [0.25, 0.3) is 0 Å². The molecule has 0 amide bonds. The van der Waals surface area contributed by atoms with Gasteiger partial charge in [0.2, 0.25) is 0 Å². The van der Waals surface area contributed by atoms with Crippen molar-refractivity contribution in [1.82, 2.24) is 0 Å². The molecule has 0 aromatic heterocycles. The minimum atomic E-state index is -1.02. The van der Waals surface area contributed by atoms with E-state index < -0.39 is 5.97 Å². The SMILES string of the molecule is CCCSc1cc(C(=O)O)ccc1F. The normalized spacial score (nSPS) is 10.1. The molecule has 1 aromatic rings. The Morgan fingerprint density at radius 3 is 2.86 bits per heavy atom. The van der Waals surface area contributed by atoms with Crippen LogP contribution in [0, 0.1) is 5.82 Å². The fourth-order valence-electron chi connectivity index (χ4n) is 0.959. The molecule has 1 N–H and O–H groups in total. The van der Waals surface area contributed by atoms with E-state index in [4.69, 9.17) is 5.11 Å². The first kappa shape index (κ1) is 11.0. The van der Waals surface area contributed by atoms with E-state index in [1.54, 1.807) is 0 Å². The number of halogens is 1. The number of aromatic carboxylic acids is 1. The predicted octanol–water partition coefficient (Wildman–Crippen LogP) is 3.03. The molecule has 0 heterocycles. The Morgan fingerprint density at radius 2 is 2.29 bits per heavy atom. The zero-order valence-electron chi connectivity index (χ0n) is 7.79. The Labute approximate surface area is 86.1 Å². The van der Waals surface area contributed by atoms with Crippen LogP contribution < -0.4 is 0 Å². The molecule has 1 aromatic carbocycles. The molecule has 2 nitrogen and oxygen atoms in total. The van der Waals surface area contributed by atoms with Crippen molar-refractivity contribution < 1.29 is 14.3 Å². The van der Waals surface area contributed by atoms with Crippen molar-refractivity contribution in [3.63, 3.8) is 0 Å². The fourth-order valence-corrected chi connectivity index (χ4v) is 1.80. The van der Waals surface area contributed by atoms with Crippen LogP contribution in [0.3, 0.4) is 0 Å². The van der Waals surface area contributed by atoms with Crippen molar-refractivity contribution in [2.24, 2.45) is 0 Å². The lowest BCUT2D eigenvalue weighted by atomic mass is 10.2. The van der Waals surface area contributed by atoms with Crippen molar-refractivity contribution in [2.75, 3.05) is 5.75 Å². The first-order valence-corrected chi connectivity index (χ1v) is 5.29. The summed E-state index contributed by atoms with van der Waals surface area (Å²) in [4.78, 5) is 11.0. The molecule has 0 spiro atoms. The van der Waals surface area contributed by atoms with Gasteiger partial charge in [0.1, 0.15) is 5.82 Å². The van der Waals surface area contributed by atoms with Gasteiger partial charge in [0, 0.05) is 4.90 Å². The second-order valence-electron chi connectivity index (χ2n) is 2.80. The monoisotopic (exact) mass is 214 g/mol. The third kappa shape index (κ3) is 2.73. The third-order valence-corrected chi connectivity index (χ3v) is 2.88. The van der Waals surface area contributed by atoms with Crippen molar-refractivity contribution >= 4 is 17.7 Å². The van der Waals surface area contributed by atoms with Crippen LogP contribution in [0.1, 0.15) is 23.7 Å². The van der Waals surface area contributed by atoms with Crippen LogP contribution in [0.2, 0.25) is 0 Å². The van der Waals surface area contributed by atoms with Gasteiger partial charge in [0.15, 0.2) is 0 Å². The maximum atomic E-state index is 13.1. The van der Waals surface area contributed by atoms with Gasteiger partial charge < -0.3 is 5.11 Å². The fraction of sp³-hybridized carbons (Fsp3) is 0.300. The third-order valence-electron chi connectivity index (χ3n) is 1.64. The summed E-state index contributed by atoms with van der Waals surface area (Å²) in [6.45, 7) is 1.99. The van der Waals surface area contributed by atoms with Crippen LogP contribution in [0.25, 0.3) is 0 Å². The lowest BCUT2D eigenvalue weighted by Crippen LogP contribution is -1.97. The van der Waals surface area contributed by atoms with E-state index in [1.807, 2.05) is 6.92 Å². The maximum absolute atomic E-state index is 13.1. The molecule has 14 heavy (non-hydrogen) atoms. The first-order chi connectivity index (χ1) is 6.65. The summed E-state index contributed by atoms with van der Waals surface area (Å²) in [6.07, 6.45) is 0.932. The van der Waals surface area contributed by atoms with Gasteiger partial charge in [-0.2, -0.15) is 0 Å². The molecule has 0 fully saturated rings. The van der Waals surface area contributed by atoms with Gasteiger partial charge in [0.05, 0.1) is 5.56 Å². The van der Waals surface area contributed by atoms with Crippen LogP contribution in [-0.4, -0.2) is 16.8 Å². The summed E-state index contributed by atoms with van der Waals surface area (Å²) in [5.41, 5.74) is 0.130. The highest BCUT2D eigenvalue weighted by Gasteiger charge is 2.07. The molecule has 0 aliphatic carbocycles. The molecule has 0 bridgehead atoms. The second kappa shape index (κ2) is 5.00. The van der Waals surface area contributed by atoms with Gasteiger partial charge in [-0.15, -0.1) is 11.8 Å². The summed E-state index contributed by atoms with van der Waals surface area (Å²) in [5.74, 6) is -0.586. The van der Waals surface area contributed by atoms with E-state index >= 15 is 0 Å². The molecule has 0 aliphatic heterocycles. The lowest BCUT2D eigenvalue weighted by Gasteiger charge is -2.02. The number of benzene rings is 1. The van der Waals surface area contributed by atoms with Crippen molar-refractivity contribution in [2.45, 2.75) is 18.2 Å². The van der Waals surface area contributed by atoms with Crippen LogP contribution in [0.5, 0.6) is 0 Å². The summed E-state index contributed by atoms with van der Waals surface area (Å²) in [7, 11) is 0. The summed E-state index contributed by atoms with van der Waals surface area (Å²) >= 11 is 1.34. The number of carboxylic acid groups (broad SMARTS) is 1. The Morgan fingerprint density at radius 1 is 1.57 bits per heavy atom. The van der Waals surface area contributed by atoms with Gasteiger partial charge in [-0.05, 0) is 30.4 Å². The van der Waals surface area contributed by atoms with Crippen LogP contribution in [0.15, 0.2) is 23.1 Å². The van der Waals surface area contributed by atoms with Crippen molar-refractivity contribution in [3.8, 4) is 0 Å². The van der Waals surface area contributed by atoms with E-state index in [2.05, 4.69) is 0 Å². The summed E-state index contributed by atoms with van der Waals surface area (Å²) < 4.78 is 13.1. The largest absolute Gasteiger partial charge is 0.478 e. The molecule has 0 saturated carbocycles. The Bertz CT molecular complexity index is 339. The molecule has 0 atom stereocenters. The minimum Gasteiger partial charge on any atom is -0.478 e. The molecular formula is C10H11FO2S. The van der Waals surface area contributed by atoms with Gasteiger partial charge in [-0.25, -0.2) is 9.18 Å². The Kier molecular flexibility index (Phi) is 3.95. The van der Waals surface area contributed by atoms with Crippen LogP contribution >= 0.6 is 11.8 Å². The van der Waals surface area contributed by atoms with Crippen LogP contribution in [0.4, 0.5) is 4.39 Å². The average molecular weight is 214 g/mol. The molecule has 0 aliphatic rings. The standard InChI is InChI=1S/C10H11FO2S/c1-2-5-14-9-6-7(10(12)13)3-4-8(9)11/h3-4,6H,2,5H2,1H3,(H,12,13). The van der Waals surface area contributed by atoms with E-state index in [9.17, 15) is 9.18 Å². The van der Waals surface area contributed by atoms with Crippen molar-refractivity contribution in [3.05, 3.63) is 29.6 Å². The molecule has 76 valence electrons. The molecule has 0 radical (unpaired) electrons. The molecule has 4 heteroatoms. The Hall–Kier alpha value is -1.03. The molecule has 0 saturated heterocycles. The van der Waals surface area contributed by atoms with Gasteiger partial charge in [-0.1, -0.05) is 6.92 Å². The highest BCUT2D eigenvalue weighted by molar-refractivity contribution is 7.99. The summed E-state index contributed by atoms with van der Waals surface area (Å²) in [5, 5.41) is 8.69. The number of hydrogen-bond acceptors (Lipinski definition) is 2. The quantitative estimate of drug-likeness (QED) is 0.783. The molecule has 0 unspecified atom stereocenters. The zero-order valence-corrected chi connectivity index (χ0v) is 8.60. The van der Waals surface area contributed by atoms with E-state index in [0.29, 0.717) is 4.90 Å². The topological polar surface area (TPSA) is 37.3 Å². The highest BCUT2D eigenvalue weighted by atomic mass is 32.2. The van der Waals surface area contributed by atoms with Gasteiger partial charge in [-0.3, -0.25) is 0 Å². The smallest absolute Gasteiger partial charge is 0.335 e. The maximum Gasteiger partial charge on any atom is 0.335 e. The number of hydrogen-bond donors (Lipinski definition) is 1. The van der Waals surface area contributed by atoms with E-state index in [-0.39, 0.29) is 11.4 Å². The molecular weight excluding hydrogens is 203 g/mol. The summed E-state index contributed by atoms with van der Waals surface area (Å²) in [6, 6.07) is 3.84. The lowest BCUT2D eigenvalue weighted by molar-refractivity contribution is 0.0696.